The smallest absolute Gasteiger partial charge is 0.250 e. The Bertz CT molecular complexity index is 980. The zero-order valence-electron chi connectivity index (χ0n) is 17.7. The Morgan fingerprint density at radius 1 is 1.13 bits per heavy atom. The van der Waals surface area contributed by atoms with Crippen LogP contribution in [0.15, 0.2) is 47.4 Å². The molecule has 6 heteroatoms. The molecule has 1 atom stereocenters. The van der Waals surface area contributed by atoms with Crippen LogP contribution in [0.25, 0.3) is 11.1 Å². The summed E-state index contributed by atoms with van der Waals surface area (Å²) in [4.78, 5) is 24.6. The van der Waals surface area contributed by atoms with Crippen molar-refractivity contribution >= 4 is 5.91 Å². The Balaban J connectivity index is 1.68. The standard InChI is InChI=1S/C24H30N4O2/c1-17(2)28-16-20(10-11-22(28)29)19-8-6-18(7-9-19)14-21(15-25)27-23(30)24(26)12-4-3-5-13-24/h6-11,16-17,21H,3-5,12-14,26H2,1-2H3,(H,27,30). The van der Waals surface area contributed by atoms with Gasteiger partial charge in [0.15, 0.2) is 0 Å². The molecule has 1 heterocycles. The largest absolute Gasteiger partial charge is 0.338 e. The Labute approximate surface area is 177 Å². The fraction of sp³-hybridized carbons (Fsp3) is 0.458. The van der Waals surface area contributed by atoms with E-state index in [0.29, 0.717) is 19.3 Å². The molecule has 0 spiro atoms. The van der Waals surface area contributed by atoms with Gasteiger partial charge in [-0.05, 0) is 49.4 Å². The lowest BCUT2D eigenvalue weighted by atomic mass is 9.81. The molecule has 0 bridgehead atoms. The lowest BCUT2D eigenvalue weighted by Gasteiger charge is -2.32. The Hall–Kier alpha value is -2.91. The molecule has 1 fully saturated rings. The van der Waals surface area contributed by atoms with E-state index in [9.17, 15) is 14.9 Å². The van der Waals surface area contributed by atoms with Crippen molar-refractivity contribution in [3.05, 3.63) is 58.5 Å². The topological polar surface area (TPSA) is 101 Å². The van der Waals surface area contributed by atoms with Crippen molar-refractivity contribution in [1.82, 2.24) is 9.88 Å². The number of amides is 1. The molecule has 2 aromatic rings. The number of aromatic nitrogens is 1. The van der Waals surface area contributed by atoms with E-state index >= 15 is 0 Å². The van der Waals surface area contributed by atoms with Gasteiger partial charge in [-0.3, -0.25) is 9.59 Å². The van der Waals surface area contributed by atoms with E-state index in [0.717, 1.165) is 36.0 Å². The summed E-state index contributed by atoms with van der Waals surface area (Å²) in [6.45, 7) is 3.95. The van der Waals surface area contributed by atoms with Gasteiger partial charge in [-0.25, -0.2) is 0 Å². The molecule has 3 N–H and O–H groups in total. The highest BCUT2D eigenvalue weighted by Gasteiger charge is 2.36. The van der Waals surface area contributed by atoms with Gasteiger partial charge >= 0.3 is 0 Å². The molecule has 1 aromatic carbocycles. The third-order valence-corrected chi connectivity index (χ3v) is 5.88. The fourth-order valence-electron chi connectivity index (χ4n) is 3.99. The number of nitriles is 1. The first kappa shape index (κ1) is 21.8. The minimum Gasteiger partial charge on any atom is -0.338 e. The average molecular weight is 407 g/mol. The Morgan fingerprint density at radius 2 is 1.77 bits per heavy atom. The van der Waals surface area contributed by atoms with Crippen LogP contribution in [0.1, 0.15) is 57.6 Å². The van der Waals surface area contributed by atoms with E-state index in [1.54, 1.807) is 10.6 Å². The molecule has 3 rings (SSSR count). The summed E-state index contributed by atoms with van der Waals surface area (Å²) in [5.74, 6) is -0.221. The summed E-state index contributed by atoms with van der Waals surface area (Å²) in [5, 5.41) is 12.4. The van der Waals surface area contributed by atoms with E-state index in [1.165, 1.54) is 0 Å². The molecule has 1 unspecified atom stereocenters. The van der Waals surface area contributed by atoms with Gasteiger partial charge in [0, 0.05) is 24.7 Å². The van der Waals surface area contributed by atoms with Crippen LogP contribution >= 0.6 is 0 Å². The van der Waals surface area contributed by atoms with Crippen LogP contribution in [-0.2, 0) is 11.2 Å². The zero-order valence-corrected chi connectivity index (χ0v) is 17.7. The van der Waals surface area contributed by atoms with Crippen LogP contribution < -0.4 is 16.6 Å². The maximum atomic E-state index is 12.6. The Kier molecular flexibility index (Phi) is 6.73. The predicted octanol–water partition coefficient (Wildman–Crippen LogP) is 3.31. The zero-order chi connectivity index (χ0) is 21.7. The van der Waals surface area contributed by atoms with Gasteiger partial charge in [0.25, 0.3) is 5.56 Å². The molecule has 1 aromatic heterocycles. The molecule has 1 aliphatic carbocycles. The van der Waals surface area contributed by atoms with Crippen molar-refractivity contribution < 1.29 is 4.79 Å². The van der Waals surface area contributed by atoms with Crippen molar-refractivity contribution in [2.75, 3.05) is 0 Å². The number of hydrogen-bond donors (Lipinski definition) is 2. The van der Waals surface area contributed by atoms with Gasteiger partial charge in [-0.15, -0.1) is 0 Å². The number of carbonyl (C=O) groups is 1. The summed E-state index contributed by atoms with van der Waals surface area (Å²) in [5.41, 5.74) is 8.32. The predicted molar refractivity (Wildman–Crippen MR) is 118 cm³/mol. The molecular weight excluding hydrogens is 376 g/mol. The van der Waals surface area contributed by atoms with Crippen molar-refractivity contribution in [3.63, 3.8) is 0 Å². The first-order valence-corrected chi connectivity index (χ1v) is 10.6. The summed E-state index contributed by atoms with van der Waals surface area (Å²) >= 11 is 0. The second-order valence-corrected chi connectivity index (χ2v) is 8.53. The van der Waals surface area contributed by atoms with Crippen molar-refractivity contribution in [2.24, 2.45) is 5.73 Å². The van der Waals surface area contributed by atoms with Crippen molar-refractivity contribution in [3.8, 4) is 17.2 Å². The minimum absolute atomic E-state index is 0.0198. The average Bonchev–Trinajstić information content (AvgIpc) is 2.74. The van der Waals surface area contributed by atoms with Gasteiger partial charge < -0.3 is 15.6 Å². The van der Waals surface area contributed by atoms with E-state index in [1.807, 2.05) is 50.4 Å². The maximum Gasteiger partial charge on any atom is 0.250 e. The third kappa shape index (κ3) is 4.98. The number of rotatable bonds is 6. The maximum absolute atomic E-state index is 12.6. The highest BCUT2D eigenvalue weighted by molar-refractivity contribution is 5.86. The number of nitrogens with one attached hydrogen (secondary N) is 1. The highest BCUT2D eigenvalue weighted by Crippen LogP contribution is 2.26. The molecular formula is C24H30N4O2. The van der Waals surface area contributed by atoms with Crippen molar-refractivity contribution in [2.45, 2.75) is 70.0 Å². The molecule has 1 aliphatic rings. The van der Waals surface area contributed by atoms with E-state index < -0.39 is 11.6 Å². The normalized spacial score (nSPS) is 16.6. The summed E-state index contributed by atoms with van der Waals surface area (Å²) in [6.07, 6.45) is 6.64. The van der Waals surface area contributed by atoms with E-state index in [4.69, 9.17) is 5.73 Å². The lowest BCUT2D eigenvalue weighted by Crippen LogP contribution is -2.57. The van der Waals surface area contributed by atoms with Crippen molar-refractivity contribution in [1.29, 1.82) is 5.26 Å². The molecule has 0 aliphatic heterocycles. The number of carbonyl (C=O) groups excluding carboxylic acids is 1. The van der Waals surface area contributed by atoms with Gasteiger partial charge in [0.2, 0.25) is 5.91 Å². The van der Waals surface area contributed by atoms with Gasteiger partial charge in [-0.1, -0.05) is 43.5 Å². The van der Waals surface area contributed by atoms with Gasteiger partial charge in [0.1, 0.15) is 6.04 Å². The second-order valence-electron chi connectivity index (χ2n) is 8.53. The summed E-state index contributed by atoms with van der Waals surface area (Å²) in [6, 6.07) is 12.9. The van der Waals surface area contributed by atoms with Gasteiger partial charge in [-0.2, -0.15) is 5.26 Å². The molecule has 1 amide bonds. The highest BCUT2D eigenvalue weighted by atomic mass is 16.2. The van der Waals surface area contributed by atoms with Crippen LogP contribution in [0.3, 0.4) is 0 Å². The second kappa shape index (κ2) is 9.27. The summed E-state index contributed by atoms with van der Waals surface area (Å²) < 4.78 is 1.71. The number of benzene rings is 1. The SMILES string of the molecule is CC(C)n1cc(-c2ccc(CC(C#N)NC(=O)C3(N)CCCCC3)cc2)ccc1=O. The van der Waals surface area contributed by atoms with Crippen LogP contribution in [0.2, 0.25) is 0 Å². The molecule has 30 heavy (non-hydrogen) atoms. The lowest BCUT2D eigenvalue weighted by molar-refractivity contribution is -0.127. The van der Waals surface area contributed by atoms with Crippen LogP contribution in [0.5, 0.6) is 0 Å². The van der Waals surface area contributed by atoms with Gasteiger partial charge in [0.05, 0.1) is 11.6 Å². The molecule has 6 nitrogen and oxygen atoms in total. The monoisotopic (exact) mass is 406 g/mol. The quantitative estimate of drug-likeness (QED) is 0.768. The first-order chi connectivity index (χ1) is 14.3. The number of pyridine rings is 1. The van der Waals surface area contributed by atoms with Crippen LogP contribution in [0, 0.1) is 11.3 Å². The number of nitrogens with zero attached hydrogens (tertiary/aromatic N) is 2. The molecule has 1 saturated carbocycles. The van der Waals surface area contributed by atoms with Crippen LogP contribution in [-0.4, -0.2) is 22.1 Å². The molecule has 0 saturated heterocycles. The molecule has 158 valence electrons. The van der Waals surface area contributed by atoms with Crippen LogP contribution in [0.4, 0.5) is 0 Å². The number of hydrogen-bond acceptors (Lipinski definition) is 4. The molecule has 0 radical (unpaired) electrons. The fourth-order valence-corrected chi connectivity index (χ4v) is 3.99. The minimum atomic E-state index is -0.850. The van der Waals surface area contributed by atoms with E-state index in [2.05, 4.69) is 11.4 Å². The van der Waals surface area contributed by atoms with E-state index in [-0.39, 0.29) is 17.5 Å². The number of nitrogens with two attached hydrogens (primary N) is 1. The first-order valence-electron chi connectivity index (χ1n) is 10.6. The Morgan fingerprint density at radius 3 is 2.37 bits per heavy atom. The summed E-state index contributed by atoms with van der Waals surface area (Å²) in [7, 11) is 0. The third-order valence-electron chi connectivity index (χ3n) is 5.88.